The Balaban J connectivity index is 1.88. The fourth-order valence-corrected chi connectivity index (χ4v) is 5.24. The first-order valence-electron chi connectivity index (χ1n) is 9.33. The molecular formula is C19H30ClN3O2Si. The minimum atomic E-state index is -1.88. The highest BCUT2D eigenvalue weighted by molar-refractivity contribution is 6.74. The first kappa shape index (κ1) is 19.8. The van der Waals surface area contributed by atoms with Gasteiger partial charge in [0.1, 0.15) is 16.6 Å². The third-order valence-corrected chi connectivity index (χ3v) is 10.9. The molecule has 2 heterocycles. The van der Waals surface area contributed by atoms with E-state index in [4.69, 9.17) is 16.0 Å². The Labute approximate surface area is 161 Å². The monoisotopic (exact) mass is 395 g/mol. The molecule has 144 valence electrons. The molecule has 0 bridgehead atoms. The van der Waals surface area contributed by atoms with Crippen LogP contribution < -0.4 is 0 Å². The fourth-order valence-electron chi connectivity index (χ4n) is 3.57. The largest absolute Gasteiger partial charge is 0.413 e. The third kappa shape index (κ3) is 3.57. The van der Waals surface area contributed by atoms with Crippen molar-refractivity contribution in [2.45, 2.75) is 70.8 Å². The average Bonchev–Trinajstić information content (AvgIpc) is 3.09. The minimum absolute atomic E-state index is 0.0850. The summed E-state index contributed by atoms with van der Waals surface area (Å²) in [7, 11) is -1.88. The smallest absolute Gasteiger partial charge is 0.192 e. The molecule has 0 saturated heterocycles. The topological polar surface area (TPSA) is 60.2 Å². The number of hydrogen-bond donors (Lipinski definition) is 1. The number of nitrogens with zero attached hydrogens (tertiary/aromatic N) is 3. The lowest BCUT2D eigenvalue weighted by molar-refractivity contribution is 0.0979. The lowest BCUT2D eigenvalue weighted by Gasteiger charge is -2.39. The number of aliphatic hydroxyl groups is 1. The molecule has 0 aromatic carbocycles. The van der Waals surface area contributed by atoms with Crippen molar-refractivity contribution in [3.63, 3.8) is 0 Å². The zero-order valence-corrected chi connectivity index (χ0v) is 18.3. The highest BCUT2D eigenvalue weighted by Gasteiger charge is 2.44. The third-order valence-electron chi connectivity index (χ3n) is 6.12. The molecule has 26 heavy (non-hydrogen) atoms. The number of rotatable bonds is 4. The molecule has 3 rings (SSSR count). The summed E-state index contributed by atoms with van der Waals surface area (Å²) in [5, 5.41) is 11.5. The predicted octanol–water partition coefficient (Wildman–Crippen LogP) is 4.73. The summed E-state index contributed by atoms with van der Waals surface area (Å²) >= 11 is 6.28. The number of aromatic nitrogens is 3. The lowest BCUT2D eigenvalue weighted by atomic mass is 10.1. The number of hydrogen-bond acceptors (Lipinski definition) is 4. The summed E-state index contributed by atoms with van der Waals surface area (Å²) in [6.45, 7) is 13.3. The van der Waals surface area contributed by atoms with Crippen LogP contribution in [0.2, 0.25) is 23.3 Å². The van der Waals surface area contributed by atoms with E-state index in [2.05, 4.69) is 48.4 Å². The molecule has 0 aliphatic heterocycles. The average molecular weight is 396 g/mol. The van der Waals surface area contributed by atoms with Crippen LogP contribution in [0, 0.1) is 12.8 Å². The van der Waals surface area contributed by atoms with Crippen LogP contribution in [0.5, 0.6) is 0 Å². The number of fused-ring (bicyclic) bond motifs is 1. The molecular weight excluding hydrogens is 366 g/mol. The van der Waals surface area contributed by atoms with Crippen LogP contribution in [0.25, 0.3) is 11.0 Å². The Hall–Kier alpha value is -0.953. The molecule has 1 aliphatic carbocycles. The van der Waals surface area contributed by atoms with Crippen molar-refractivity contribution in [1.82, 2.24) is 14.5 Å². The molecule has 7 heteroatoms. The van der Waals surface area contributed by atoms with E-state index in [0.717, 1.165) is 23.9 Å². The Kier molecular flexibility index (Phi) is 5.25. The van der Waals surface area contributed by atoms with Gasteiger partial charge in [-0.15, -0.1) is 0 Å². The minimum Gasteiger partial charge on any atom is -0.413 e. The highest BCUT2D eigenvalue weighted by atomic mass is 35.5. The van der Waals surface area contributed by atoms with Gasteiger partial charge in [-0.1, -0.05) is 32.4 Å². The second-order valence-electron chi connectivity index (χ2n) is 9.01. The lowest BCUT2D eigenvalue weighted by Crippen LogP contribution is -2.45. The van der Waals surface area contributed by atoms with E-state index in [1.165, 1.54) is 0 Å². The van der Waals surface area contributed by atoms with Crippen LogP contribution in [0.4, 0.5) is 0 Å². The second-order valence-corrected chi connectivity index (χ2v) is 14.1. The van der Waals surface area contributed by atoms with Crippen molar-refractivity contribution in [2.75, 3.05) is 6.61 Å². The molecule has 0 radical (unpaired) electrons. The summed E-state index contributed by atoms with van der Waals surface area (Å²) < 4.78 is 8.85. The zero-order chi connectivity index (χ0) is 19.3. The van der Waals surface area contributed by atoms with E-state index in [1.54, 1.807) is 0 Å². The van der Waals surface area contributed by atoms with E-state index in [-0.39, 0.29) is 29.7 Å². The maximum absolute atomic E-state index is 9.93. The zero-order valence-electron chi connectivity index (χ0n) is 16.6. The molecule has 1 N–H and O–H groups in total. The summed E-state index contributed by atoms with van der Waals surface area (Å²) in [6, 6.07) is 2.23. The van der Waals surface area contributed by atoms with Crippen LogP contribution in [0.15, 0.2) is 12.3 Å². The Morgan fingerprint density at radius 2 is 2.00 bits per heavy atom. The SMILES string of the molecule is Cc1nc(Cl)c2ccn([C@@H]3C[C@@H](CO)[C@@H](O[Si](C)(C)C(C)(C)C)C3)c2n1. The van der Waals surface area contributed by atoms with Crippen molar-refractivity contribution < 1.29 is 9.53 Å². The second kappa shape index (κ2) is 6.89. The Bertz CT molecular complexity index is 800. The van der Waals surface area contributed by atoms with Crippen molar-refractivity contribution in [3.8, 4) is 0 Å². The van der Waals surface area contributed by atoms with Gasteiger partial charge < -0.3 is 14.1 Å². The van der Waals surface area contributed by atoms with E-state index >= 15 is 0 Å². The summed E-state index contributed by atoms with van der Waals surface area (Å²) in [5.41, 5.74) is 0.872. The van der Waals surface area contributed by atoms with Crippen LogP contribution >= 0.6 is 11.6 Å². The summed E-state index contributed by atoms with van der Waals surface area (Å²) in [5.74, 6) is 0.832. The van der Waals surface area contributed by atoms with Crippen LogP contribution in [0.1, 0.15) is 45.5 Å². The quantitative estimate of drug-likeness (QED) is 0.600. The standard InChI is InChI=1S/C19H30ClN3O2Si/c1-12-21-17(20)15-7-8-23(18(15)22-12)14-9-13(11-24)16(10-14)25-26(5,6)19(2,3)4/h7-8,13-14,16,24H,9-11H2,1-6H3/t13-,14+,16-/m0/s1. The van der Waals surface area contributed by atoms with E-state index in [1.807, 2.05) is 19.2 Å². The van der Waals surface area contributed by atoms with Crippen molar-refractivity contribution in [2.24, 2.45) is 5.92 Å². The van der Waals surface area contributed by atoms with Crippen molar-refractivity contribution >= 4 is 31.0 Å². The van der Waals surface area contributed by atoms with E-state index < -0.39 is 8.32 Å². The van der Waals surface area contributed by atoms with Gasteiger partial charge in [0.2, 0.25) is 0 Å². The fraction of sp³-hybridized carbons (Fsp3) is 0.684. The van der Waals surface area contributed by atoms with Gasteiger partial charge in [-0.25, -0.2) is 9.97 Å². The number of halogens is 1. The molecule has 0 spiro atoms. The maximum Gasteiger partial charge on any atom is 0.192 e. The highest BCUT2D eigenvalue weighted by Crippen LogP contribution is 2.44. The number of aryl methyl sites for hydroxylation is 1. The molecule has 0 unspecified atom stereocenters. The summed E-state index contributed by atoms with van der Waals surface area (Å²) in [6.07, 6.45) is 3.91. The van der Waals surface area contributed by atoms with Crippen molar-refractivity contribution in [1.29, 1.82) is 0 Å². The molecule has 2 aromatic heterocycles. The molecule has 1 fully saturated rings. The van der Waals surface area contributed by atoms with Crippen LogP contribution in [0.3, 0.4) is 0 Å². The van der Waals surface area contributed by atoms with Gasteiger partial charge in [-0.3, -0.25) is 0 Å². The first-order valence-corrected chi connectivity index (χ1v) is 12.6. The normalized spacial score (nSPS) is 24.5. The summed E-state index contributed by atoms with van der Waals surface area (Å²) in [4.78, 5) is 8.85. The van der Waals surface area contributed by atoms with Gasteiger partial charge in [0.25, 0.3) is 0 Å². The van der Waals surface area contributed by atoms with Crippen molar-refractivity contribution in [3.05, 3.63) is 23.2 Å². The first-order chi connectivity index (χ1) is 12.0. The predicted molar refractivity (Wildman–Crippen MR) is 108 cm³/mol. The molecule has 5 nitrogen and oxygen atoms in total. The van der Waals surface area contributed by atoms with Gasteiger partial charge in [0.05, 0.1) is 11.5 Å². The van der Waals surface area contributed by atoms with Gasteiger partial charge in [0.15, 0.2) is 8.32 Å². The van der Waals surface area contributed by atoms with Gasteiger partial charge in [-0.05, 0) is 44.0 Å². The Morgan fingerprint density at radius 1 is 1.31 bits per heavy atom. The number of aliphatic hydroxyl groups excluding tert-OH is 1. The maximum atomic E-state index is 9.93. The Morgan fingerprint density at radius 3 is 2.62 bits per heavy atom. The van der Waals surface area contributed by atoms with Gasteiger partial charge in [-0.2, -0.15) is 0 Å². The molecule has 3 atom stereocenters. The molecule has 2 aromatic rings. The van der Waals surface area contributed by atoms with E-state index in [9.17, 15) is 5.11 Å². The van der Waals surface area contributed by atoms with Crippen LogP contribution in [-0.4, -0.2) is 40.7 Å². The van der Waals surface area contributed by atoms with E-state index in [0.29, 0.717) is 11.0 Å². The molecule has 0 amide bonds. The molecule has 1 saturated carbocycles. The molecule has 1 aliphatic rings. The van der Waals surface area contributed by atoms with Gasteiger partial charge >= 0.3 is 0 Å². The van der Waals surface area contributed by atoms with Crippen LogP contribution in [-0.2, 0) is 4.43 Å². The van der Waals surface area contributed by atoms with Gasteiger partial charge in [0, 0.05) is 24.8 Å².